The van der Waals surface area contributed by atoms with Crippen molar-refractivity contribution in [1.29, 1.82) is 0 Å². The minimum Gasteiger partial charge on any atom is -0.366 e. The third-order valence-electron chi connectivity index (χ3n) is 2.68. The highest BCUT2D eigenvalue weighted by atomic mass is 16.1. The fourth-order valence-corrected chi connectivity index (χ4v) is 1.66. The van der Waals surface area contributed by atoms with E-state index in [1.54, 1.807) is 0 Å². The number of amides is 2. The van der Waals surface area contributed by atoms with Gasteiger partial charge in [-0.15, -0.1) is 0 Å². The van der Waals surface area contributed by atoms with Gasteiger partial charge in [-0.25, -0.2) is 0 Å². The Kier molecular flexibility index (Phi) is 7.25. The van der Waals surface area contributed by atoms with Crippen molar-refractivity contribution in [3.63, 3.8) is 0 Å². The molecule has 92 valence electrons. The lowest BCUT2D eigenvalue weighted by molar-refractivity contribution is -0.116. The molecule has 0 saturated carbocycles. The van der Waals surface area contributed by atoms with Gasteiger partial charge in [-0.3, -0.25) is 9.59 Å². The van der Waals surface area contributed by atoms with E-state index in [9.17, 15) is 9.59 Å². The molecule has 4 heteroatoms. The average molecular weight is 226 g/mol. The molecule has 0 heterocycles. The van der Waals surface area contributed by atoms with Crippen molar-refractivity contribution in [1.82, 2.24) is 0 Å². The Hall–Kier alpha value is -1.32. The summed E-state index contributed by atoms with van der Waals surface area (Å²) in [6.45, 7) is 4.20. The average Bonchev–Trinajstić information content (AvgIpc) is 2.21. The Morgan fingerprint density at radius 2 is 1.88 bits per heavy atom. The summed E-state index contributed by atoms with van der Waals surface area (Å²) in [5, 5.41) is 0. The van der Waals surface area contributed by atoms with Gasteiger partial charge < -0.3 is 11.5 Å². The van der Waals surface area contributed by atoms with Crippen molar-refractivity contribution in [2.45, 2.75) is 46.0 Å². The molecule has 0 saturated heterocycles. The molecule has 1 atom stereocenters. The van der Waals surface area contributed by atoms with Gasteiger partial charge >= 0.3 is 0 Å². The van der Waals surface area contributed by atoms with Crippen LogP contribution in [0.2, 0.25) is 0 Å². The zero-order valence-corrected chi connectivity index (χ0v) is 10.2. The molecular weight excluding hydrogens is 204 g/mol. The maximum atomic E-state index is 11.1. The largest absolute Gasteiger partial charge is 0.366 e. The Morgan fingerprint density at radius 3 is 2.25 bits per heavy atom. The van der Waals surface area contributed by atoms with Crippen molar-refractivity contribution >= 4 is 11.8 Å². The maximum Gasteiger partial charge on any atom is 0.244 e. The SMILES string of the molecule is CCCCC(CC)C/C(=C/C(N)=O)C(N)=O. The van der Waals surface area contributed by atoms with Crippen molar-refractivity contribution in [3.8, 4) is 0 Å². The minimum atomic E-state index is -0.612. The van der Waals surface area contributed by atoms with E-state index < -0.39 is 11.8 Å². The number of carbonyl (C=O) groups is 2. The van der Waals surface area contributed by atoms with Crippen LogP contribution in [0.5, 0.6) is 0 Å². The Bertz CT molecular complexity index is 272. The Labute approximate surface area is 97.1 Å². The molecule has 1 unspecified atom stereocenters. The lowest BCUT2D eigenvalue weighted by atomic mass is 9.91. The van der Waals surface area contributed by atoms with E-state index in [1.165, 1.54) is 0 Å². The van der Waals surface area contributed by atoms with Crippen LogP contribution < -0.4 is 11.5 Å². The van der Waals surface area contributed by atoms with Crippen LogP contribution in [0.1, 0.15) is 46.0 Å². The van der Waals surface area contributed by atoms with Crippen LogP contribution in [0.25, 0.3) is 0 Å². The molecule has 0 aromatic heterocycles. The normalized spacial score (nSPS) is 13.5. The highest BCUT2D eigenvalue weighted by Gasteiger charge is 2.13. The summed E-state index contributed by atoms with van der Waals surface area (Å²) in [4.78, 5) is 21.8. The summed E-state index contributed by atoms with van der Waals surface area (Å²) in [5.41, 5.74) is 10.6. The first-order chi connectivity index (χ1) is 7.51. The molecule has 4 nitrogen and oxygen atoms in total. The Morgan fingerprint density at radius 1 is 1.25 bits per heavy atom. The van der Waals surface area contributed by atoms with Crippen LogP contribution in [0.3, 0.4) is 0 Å². The minimum absolute atomic E-state index is 0.343. The second kappa shape index (κ2) is 7.91. The lowest BCUT2D eigenvalue weighted by Crippen LogP contribution is -2.19. The summed E-state index contributed by atoms with van der Waals surface area (Å²) < 4.78 is 0. The van der Waals surface area contributed by atoms with Gasteiger partial charge in [-0.05, 0) is 12.3 Å². The van der Waals surface area contributed by atoms with E-state index in [2.05, 4.69) is 13.8 Å². The van der Waals surface area contributed by atoms with Gasteiger partial charge in [0.05, 0.1) is 0 Å². The maximum absolute atomic E-state index is 11.1. The van der Waals surface area contributed by atoms with Crippen LogP contribution >= 0.6 is 0 Å². The standard InChI is InChI=1S/C12H22N2O2/c1-3-5-6-9(4-2)7-10(12(14)16)8-11(13)15/h8-9H,3-7H2,1-2H3,(H2,13,15)(H2,14,16)/b10-8-. The van der Waals surface area contributed by atoms with Crippen LogP contribution in [-0.4, -0.2) is 11.8 Å². The summed E-state index contributed by atoms with van der Waals surface area (Å²) in [6.07, 6.45) is 5.98. The van der Waals surface area contributed by atoms with Crippen molar-refractivity contribution in [2.24, 2.45) is 17.4 Å². The third kappa shape index (κ3) is 6.22. The molecule has 16 heavy (non-hydrogen) atoms. The predicted molar refractivity (Wildman–Crippen MR) is 64.4 cm³/mol. The van der Waals surface area contributed by atoms with Gasteiger partial charge in [-0.1, -0.05) is 39.5 Å². The molecule has 0 aliphatic carbocycles. The van der Waals surface area contributed by atoms with Crippen molar-refractivity contribution in [3.05, 3.63) is 11.6 Å². The lowest BCUT2D eigenvalue weighted by Gasteiger charge is -2.14. The summed E-state index contributed by atoms with van der Waals surface area (Å²) in [6, 6.07) is 0. The first kappa shape index (κ1) is 14.7. The molecule has 0 bridgehead atoms. The summed E-state index contributed by atoms with van der Waals surface area (Å²) in [7, 11) is 0. The van der Waals surface area contributed by atoms with Gasteiger partial charge in [-0.2, -0.15) is 0 Å². The van der Waals surface area contributed by atoms with Crippen molar-refractivity contribution < 1.29 is 9.59 Å². The molecule has 0 aromatic rings. The zero-order chi connectivity index (χ0) is 12.6. The second-order valence-corrected chi connectivity index (χ2v) is 4.06. The fraction of sp³-hybridized carbons (Fsp3) is 0.667. The molecule has 0 spiro atoms. The molecule has 0 aromatic carbocycles. The number of rotatable bonds is 8. The number of hydrogen-bond acceptors (Lipinski definition) is 2. The van der Waals surface area contributed by atoms with Crippen LogP contribution in [0.15, 0.2) is 11.6 Å². The Balaban J connectivity index is 4.47. The molecule has 0 aliphatic heterocycles. The second-order valence-electron chi connectivity index (χ2n) is 4.06. The highest BCUT2D eigenvalue weighted by molar-refractivity contribution is 5.99. The molecule has 0 aliphatic rings. The molecule has 4 N–H and O–H groups in total. The number of hydrogen-bond donors (Lipinski definition) is 2. The first-order valence-corrected chi connectivity index (χ1v) is 5.81. The highest BCUT2D eigenvalue weighted by Crippen LogP contribution is 2.21. The smallest absolute Gasteiger partial charge is 0.244 e. The molecule has 0 radical (unpaired) electrons. The van der Waals surface area contributed by atoms with E-state index in [0.29, 0.717) is 17.9 Å². The van der Waals surface area contributed by atoms with Crippen LogP contribution in [0, 0.1) is 5.92 Å². The number of primary amides is 2. The molecule has 0 fully saturated rings. The van der Waals surface area contributed by atoms with Gasteiger partial charge in [0.15, 0.2) is 0 Å². The van der Waals surface area contributed by atoms with Gasteiger partial charge in [0.1, 0.15) is 0 Å². The van der Waals surface area contributed by atoms with Crippen LogP contribution in [-0.2, 0) is 9.59 Å². The molecular formula is C12H22N2O2. The number of carbonyl (C=O) groups excluding carboxylic acids is 2. The van der Waals surface area contributed by atoms with E-state index >= 15 is 0 Å². The number of nitrogens with two attached hydrogens (primary N) is 2. The van der Waals surface area contributed by atoms with E-state index in [1.807, 2.05) is 0 Å². The quantitative estimate of drug-likeness (QED) is 0.614. The fourth-order valence-electron chi connectivity index (χ4n) is 1.66. The molecule has 2 amide bonds. The third-order valence-corrected chi connectivity index (χ3v) is 2.68. The van der Waals surface area contributed by atoms with Gasteiger partial charge in [0.2, 0.25) is 11.8 Å². The van der Waals surface area contributed by atoms with Gasteiger partial charge in [0, 0.05) is 11.6 Å². The first-order valence-electron chi connectivity index (χ1n) is 5.81. The van der Waals surface area contributed by atoms with E-state index in [4.69, 9.17) is 11.5 Å². The van der Waals surface area contributed by atoms with Crippen LogP contribution in [0.4, 0.5) is 0 Å². The van der Waals surface area contributed by atoms with E-state index in [-0.39, 0.29) is 0 Å². The van der Waals surface area contributed by atoms with Crippen molar-refractivity contribution in [2.75, 3.05) is 0 Å². The zero-order valence-electron chi connectivity index (χ0n) is 10.2. The topological polar surface area (TPSA) is 86.2 Å². The van der Waals surface area contributed by atoms with Gasteiger partial charge in [0.25, 0.3) is 0 Å². The monoisotopic (exact) mass is 226 g/mol. The summed E-state index contributed by atoms with van der Waals surface area (Å²) in [5.74, 6) is -0.758. The molecule has 0 rings (SSSR count). The predicted octanol–water partition coefficient (Wildman–Crippen LogP) is 1.49. The number of unbranched alkanes of at least 4 members (excludes halogenated alkanes) is 1. The summed E-state index contributed by atoms with van der Waals surface area (Å²) >= 11 is 0. The van der Waals surface area contributed by atoms with E-state index in [0.717, 1.165) is 31.8 Å².